The molecule has 2 aromatic rings. The molecule has 0 atom stereocenters. The highest BCUT2D eigenvalue weighted by Gasteiger charge is 2.00. The van der Waals surface area contributed by atoms with Crippen molar-refractivity contribution in [2.45, 2.75) is 0 Å². The van der Waals surface area contributed by atoms with Crippen molar-refractivity contribution in [1.29, 1.82) is 0 Å². The van der Waals surface area contributed by atoms with Crippen LogP contribution < -0.4 is 11.2 Å². The van der Waals surface area contributed by atoms with Crippen LogP contribution in [0.2, 0.25) is 0 Å². The Bertz CT molecular complexity index is 555. The quantitative estimate of drug-likeness (QED) is 0.676. The van der Waals surface area contributed by atoms with Crippen LogP contribution in [0.25, 0.3) is 0 Å². The van der Waals surface area contributed by atoms with Gasteiger partial charge in [-0.2, -0.15) is 5.10 Å². The van der Waals surface area contributed by atoms with E-state index in [1.807, 2.05) is 0 Å². The molecule has 1 heterocycles. The second-order valence-corrected chi connectivity index (χ2v) is 4.89. The van der Waals surface area contributed by atoms with Crippen molar-refractivity contribution in [2.75, 3.05) is 11.2 Å². The van der Waals surface area contributed by atoms with Gasteiger partial charge in [-0.05, 0) is 18.2 Å². The molecule has 2 rings (SSSR count). The van der Waals surface area contributed by atoms with E-state index < -0.39 is 0 Å². The monoisotopic (exact) mass is 314 g/mol. The van der Waals surface area contributed by atoms with E-state index in [-0.39, 0.29) is 5.82 Å². The zero-order valence-electron chi connectivity index (χ0n) is 8.52. The lowest BCUT2D eigenvalue weighted by Gasteiger charge is -1.97. The number of nitrogens with zero attached hydrogens (tertiary/aromatic N) is 2. The third-order valence-corrected chi connectivity index (χ3v) is 3.11. The first-order chi connectivity index (χ1) is 8.15. The number of nitrogens with two attached hydrogens (primary N) is 1. The summed E-state index contributed by atoms with van der Waals surface area (Å²) in [5.41, 5.74) is 8.51. The SMILES string of the molecule is Nc1csc(NN=Cc2ccc(Br)cc2F)n1. The average Bonchev–Trinajstić information content (AvgIpc) is 2.68. The maximum atomic E-state index is 13.4. The van der Waals surface area contributed by atoms with Gasteiger partial charge in [0.2, 0.25) is 5.13 Å². The van der Waals surface area contributed by atoms with Crippen LogP contribution in [0.4, 0.5) is 15.3 Å². The summed E-state index contributed by atoms with van der Waals surface area (Å²) in [6.45, 7) is 0. The standard InChI is InChI=1S/C10H8BrFN4S/c11-7-2-1-6(8(12)3-7)4-14-16-10-15-9(13)5-17-10/h1-5H,13H2,(H,15,16). The van der Waals surface area contributed by atoms with Crippen LogP contribution in [0.15, 0.2) is 33.2 Å². The molecular weight excluding hydrogens is 307 g/mol. The van der Waals surface area contributed by atoms with E-state index in [1.54, 1.807) is 17.5 Å². The maximum absolute atomic E-state index is 13.4. The molecule has 0 saturated carbocycles. The number of aromatic nitrogens is 1. The third kappa shape index (κ3) is 3.24. The number of benzene rings is 1. The van der Waals surface area contributed by atoms with Gasteiger partial charge in [0.15, 0.2) is 0 Å². The van der Waals surface area contributed by atoms with Gasteiger partial charge < -0.3 is 5.73 Å². The van der Waals surface area contributed by atoms with Crippen molar-refractivity contribution in [3.63, 3.8) is 0 Å². The molecule has 4 nitrogen and oxygen atoms in total. The molecule has 0 aliphatic carbocycles. The van der Waals surface area contributed by atoms with E-state index >= 15 is 0 Å². The Kier molecular flexibility index (Phi) is 3.70. The highest BCUT2D eigenvalue weighted by atomic mass is 79.9. The Hall–Kier alpha value is -1.47. The highest BCUT2D eigenvalue weighted by molar-refractivity contribution is 9.10. The minimum absolute atomic E-state index is 0.344. The number of nitrogen functional groups attached to an aromatic ring is 1. The number of hydrogen-bond acceptors (Lipinski definition) is 5. The highest BCUT2D eigenvalue weighted by Crippen LogP contribution is 2.17. The number of nitrogens with one attached hydrogen (secondary N) is 1. The first-order valence-electron chi connectivity index (χ1n) is 4.60. The van der Waals surface area contributed by atoms with E-state index in [2.05, 4.69) is 31.4 Å². The molecular formula is C10H8BrFN4S. The van der Waals surface area contributed by atoms with Crippen LogP contribution in [0.1, 0.15) is 5.56 Å². The van der Waals surface area contributed by atoms with Crippen molar-refractivity contribution in [3.8, 4) is 0 Å². The Morgan fingerprint density at radius 1 is 1.53 bits per heavy atom. The molecule has 0 fully saturated rings. The first kappa shape index (κ1) is 12.0. The number of hydrogen-bond donors (Lipinski definition) is 2. The second-order valence-electron chi connectivity index (χ2n) is 3.11. The summed E-state index contributed by atoms with van der Waals surface area (Å²) < 4.78 is 14.1. The minimum Gasteiger partial charge on any atom is -0.383 e. The Labute approximate surface area is 110 Å². The van der Waals surface area contributed by atoms with Gasteiger partial charge in [-0.25, -0.2) is 9.37 Å². The smallest absolute Gasteiger partial charge is 0.205 e. The fraction of sp³-hybridized carbons (Fsp3) is 0. The van der Waals surface area contributed by atoms with Gasteiger partial charge in [-0.15, -0.1) is 11.3 Å². The summed E-state index contributed by atoms with van der Waals surface area (Å²) in [5.74, 6) is 0.0890. The molecule has 17 heavy (non-hydrogen) atoms. The van der Waals surface area contributed by atoms with Crippen molar-refractivity contribution < 1.29 is 4.39 Å². The molecule has 1 aromatic heterocycles. The summed E-state index contributed by atoms with van der Waals surface area (Å²) in [7, 11) is 0. The van der Waals surface area contributed by atoms with Crippen LogP contribution in [-0.2, 0) is 0 Å². The van der Waals surface area contributed by atoms with E-state index in [0.717, 1.165) is 0 Å². The average molecular weight is 315 g/mol. The van der Waals surface area contributed by atoms with Gasteiger partial charge in [0.05, 0.1) is 6.21 Å². The summed E-state index contributed by atoms with van der Waals surface area (Å²) >= 11 is 4.51. The van der Waals surface area contributed by atoms with Gasteiger partial charge >= 0.3 is 0 Å². The number of anilines is 2. The predicted molar refractivity (Wildman–Crippen MR) is 71.8 cm³/mol. The lowest BCUT2D eigenvalue weighted by atomic mass is 10.2. The molecule has 0 unspecified atom stereocenters. The molecule has 0 saturated heterocycles. The first-order valence-corrected chi connectivity index (χ1v) is 6.27. The Balaban J connectivity index is 2.05. The van der Waals surface area contributed by atoms with E-state index in [1.165, 1.54) is 23.6 Å². The van der Waals surface area contributed by atoms with Gasteiger partial charge in [0.25, 0.3) is 0 Å². The van der Waals surface area contributed by atoms with Crippen LogP contribution in [0, 0.1) is 5.82 Å². The van der Waals surface area contributed by atoms with Crippen LogP contribution in [0.3, 0.4) is 0 Å². The van der Waals surface area contributed by atoms with Crippen molar-refractivity contribution >= 4 is 44.4 Å². The normalized spacial score (nSPS) is 10.9. The largest absolute Gasteiger partial charge is 0.383 e. The van der Waals surface area contributed by atoms with Crippen LogP contribution in [-0.4, -0.2) is 11.2 Å². The van der Waals surface area contributed by atoms with Gasteiger partial charge in [-0.3, -0.25) is 5.43 Å². The fourth-order valence-electron chi connectivity index (χ4n) is 1.10. The minimum atomic E-state index is -0.344. The fourth-order valence-corrected chi connectivity index (χ4v) is 1.98. The van der Waals surface area contributed by atoms with E-state index in [0.29, 0.717) is 21.0 Å². The molecule has 88 valence electrons. The number of thiazole rings is 1. The van der Waals surface area contributed by atoms with Crippen molar-refractivity contribution in [3.05, 3.63) is 39.4 Å². The van der Waals surface area contributed by atoms with E-state index in [9.17, 15) is 4.39 Å². The molecule has 0 aliphatic rings. The molecule has 0 spiro atoms. The third-order valence-electron chi connectivity index (χ3n) is 1.85. The summed E-state index contributed by atoms with van der Waals surface area (Å²) in [6, 6.07) is 4.75. The summed E-state index contributed by atoms with van der Waals surface area (Å²) in [5, 5.41) is 6.14. The molecule has 0 bridgehead atoms. The Morgan fingerprint density at radius 3 is 3.00 bits per heavy atom. The predicted octanol–water partition coefficient (Wildman–Crippen LogP) is 3.07. The summed E-state index contributed by atoms with van der Waals surface area (Å²) in [4.78, 5) is 3.95. The Morgan fingerprint density at radius 2 is 2.35 bits per heavy atom. The number of hydrazone groups is 1. The topological polar surface area (TPSA) is 63.3 Å². The molecule has 7 heteroatoms. The second kappa shape index (κ2) is 5.24. The van der Waals surface area contributed by atoms with Crippen molar-refractivity contribution in [1.82, 2.24) is 4.98 Å². The maximum Gasteiger partial charge on any atom is 0.205 e. The van der Waals surface area contributed by atoms with E-state index in [4.69, 9.17) is 5.73 Å². The molecule has 0 aliphatic heterocycles. The zero-order valence-corrected chi connectivity index (χ0v) is 10.9. The van der Waals surface area contributed by atoms with Gasteiger partial charge in [0, 0.05) is 15.4 Å². The van der Waals surface area contributed by atoms with Crippen molar-refractivity contribution in [2.24, 2.45) is 5.10 Å². The van der Waals surface area contributed by atoms with Gasteiger partial charge in [0.1, 0.15) is 11.6 Å². The molecule has 1 aromatic carbocycles. The lowest BCUT2D eigenvalue weighted by Crippen LogP contribution is -1.93. The van der Waals surface area contributed by atoms with Crippen LogP contribution in [0.5, 0.6) is 0 Å². The van der Waals surface area contributed by atoms with Crippen LogP contribution >= 0.6 is 27.3 Å². The molecule has 3 N–H and O–H groups in total. The lowest BCUT2D eigenvalue weighted by molar-refractivity contribution is 0.625. The molecule has 0 radical (unpaired) electrons. The summed E-state index contributed by atoms with van der Waals surface area (Å²) in [6.07, 6.45) is 1.39. The number of halogens is 2. The van der Waals surface area contributed by atoms with Gasteiger partial charge in [-0.1, -0.05) is 15.9 Å². The molecule has 0 amide bonds. The zero-order chi connectivity index (χ0) is 12.3. The number of rotatable bonds is 3.